The van der Waals surface area contributed by atoms with Gasteiger partial charge in [0.25, 0.3) is 5.25 Å². The topological polar surface area (TPSA) is 62.3 Å². The van der Waals surface area contributed by atoms with E-state index < -0.39 is 11.1 Å². The fourth-order valence-corrected chi connectivity index (χ4v) is 3.10. The van der Waals surface area contributed by atoms with Crippen molar-refractivity contribution in [2.75, 3.05) is 13.2 Å². The summed E-state index contributed by atoms with van der Waals surface area (Å²) in [6.45, 7) is 5.16. The van der Waals surface area contributed by atoms with Crippen LogP contribution in [0.3, 0.4) is 0 Å². The van der Waals surface area contributed by atoms with Gasteiger partial charge in [0.15, 0.2) is 11.1 Å². The largest absolute Gasteiger partial charge is 0.499 e. The molecular formula is C9H14N3OS2+. The molecule has 2 unspecified atom stereocenters. The molecule has 0 aromatic heterocycles. The quantitative estimate of drug-likeness (QED) is 0.453. The van der Waals surface area contributed by atoms with E-state index in [1.807, 2.05) is 18.7 Å². The zero-order chi connectivity index (χ0) is 11.4. The predicted octanol–water partition coefficient (Wildman–Crippen LogP) is 0.869. The summed E-state index contributed by atoms with van der Waals surface area (Å²) >= 11 is 4.53. The Hall–Kier alpha value is -0.770. The highest BCUT2D eigenvalue weighted by atomic mass is 32.2. The van der Waals surface area contributed by atoms with Gasteiger partial charge in [-0.1, -0.05) is 0 Å². The smallest absolute Gasteiger partial charge is 0.317 e. The van der Waals surface area contributed by atoms with Crippen molar-refractivity contribution < 1.29 is 4.74 Å². The normalized spacial score (nSPS) is 28.3. The minimum absolute atomic E-state index is 0.357. The third-order valence-electron chi connectivity index (χ3n) is 2.06. The Labute approximate surface area is 98.2 Å². The van der Waals surface area contributed by atoms with Crippen LogP contribution in [0.1, 0.15) is 13.8 Å². The molecule has 1 saturated heterocycles. The fraction of sp³-hybridized carbons (Fsp3) is 0.556. The van der Waals surface area contributed by atoms with Crippen molar-refractivity contribution in [1.82, 2.24) is 4.90 Å². The molecular weight excluding hydrogens is 230 g/mol. The number of hydrogen-bond donors (Lipinski definition) is 1. The Morgan fingerprint density at radius 2 is 2.40 bits per heavy atom. The second-order valence-electron chi connectivity index (χ2n) is 2.89. The van der Waals surface area contributed by atoms with E-state index in [4.69, 9.17) is 27.4 Å². The average Bonchev–Trinajstić information content (AvgIpc) is 2.48. The van der Waals surface area contributed by atoms with Crippen molar-refractivity contribution >= 4 is 27.6 Å². The maximum Gasteiger partial charge on any atom is 0.317 e. The zero-order valence-corrected chi connectivity index (χ0v) is 10.4. The molecule has 2 atom stereocenters. The fourth-order valence-electron chi connectivity index (χ4n) is 1.33. The van der Waals surface area contributed by atoms with Gasteiger partial charge >= 0.3 is 4.32 Å². The molecule has 1 aliphatic rings. The van der Waals surface area contributed by atoms with Gasteiger partial charge in [0.2, 0.25) is 0 Å². The van der Waals surface area contributed by atoms with Crippen LogP contribution in [-0.2, 0) is 15.8 Å². The number of thiocarbonyl (C=S) groups is 1. The van der Waals surface area contributed by atoms with Crippen molar-refractivity contribution in [2.24, 2.45) is 5.14 Å². The molecule has 0 amide bonds. The first-order valence-corrected chi connectivity index (χ1v) is 6.43. The van der Waals surface area contributed by atoms with Crippen molar-refractivity contribution in [1.29, 1.82) is 5.26 Å². The summed E-state index contributed by atoms with van der Waals surface area (Å²) in [4.78, 5) is 1.88. The maximum atomic E-state index is 9.03. The number of nitrogens with zero attached hydrogens (tertiary/aromatic N) is 2. The minimum Gasteiger partial charge on any atom is -0.499 e. The molecule has 0 aromatic rings. The van der Waals surface area contributed by atoms with E-state index in [1.165, 1.54) is 0 Å². The number of ether oxygens (including phenoxy) is 1. The van der Waals surface area contributed by atoms with E-state index in [0.717, 1.165) is 12.2 Å². The Morgan fingerprint density at radius 1 is 1.73 bits per heavy atom. The highest BCUT2D eigenvalue weighted by molar-refractivity contribution is 8.20. The van der Waals surface area contributed by atoms with Gasteiger partial charge in [-0.15, -0.1) is 5.14 Å². The Morgan fingerprint density at radius 3 is 2.87 bits per heavy atom. The summed E-state index contributed by atoms with van der Waals surface area (Å²) in [7, 11) is 0. The van der Waals surface area contributed by atoms with Crippen LogP contribution >= 0.6 is 12.2 Å². The van der Waals surface area contributed by atoms with Crippen molar-refractivity contribution in [3.05, 3.63) is 12.0 Å². The molecule has 1 aliphatic heterocycles. The number of nitrogens with two attached hydrogens (primary N) is 1. The molecule has 4 nitrogen and oxygen atoms in total. The monoisotopic (exact) mass is 244 g/mol. The highest BCUT2D eigenvalue weighted by Crippen LogP contribution is 2.27. The molecule has 0 spiro atoms. The summed E-state index contributed by atoms with van der Waals surface area (Å²) in [6.07, 6.45) is 1.60. The second kappa shape index (κ2) is 5.35. The molecule has 2 N–H and O–H groups in total. The first kappa shape index (κ1) is 12.3. The Bertz CT molecular complexity index is 324. The summed E-state index contributed by atoms with van der Waals surface area (Å²) in [6, 6.07) is 2.18. The van der Waals surface area contributed by atoms with Crippen LogP contribution in [-0.4, -0.2) is 27.6 Å². The lowest BCUT2D eigenvalue weighted by atomic mass is 10.3. The van der Waals surface area contributed by atoms with Crippen LogP contribution in [0, 0.1) is 11.3 Å². The van der Waals surface area contributed by atoms with E-state index >= 15 is 0 Å². The van der Waals surface area contributed by atoms with Gasteiger partial charge in [-0.2, -0.15) is 5.26 Å². The molecule has 1 rings (SSSR count). The average molecular weight is 244 g/mol. The molecule has 0 aliphatic carbocycles. The Balaban J connectivity index is 2.99. The lowest BCUT2D eigenvalue weighted by molar-refractivity contribution is 0.259. The standard InChI is InChI=1S/C9H14N3OS2/c1-3-12-7(6-13-4-2)8(5-10)15(11)9(12)14/h6,8H,3-4,11H2,1-2H3/q+1. The van der Waals surface area contributed by atoms with Crippen molar-refractivity contribution in [3.63, 3.8) is 0 Å². The second-order valence-corrected chi connectivity index (χ2v) is 5.14. The molecule has 15 heavy (non-hydrogen) atoms. The summed E-state index contributed by atoms with van der Waals surface area (Å²) in [5.41, 5.74) is 0.790. The molecule has 0 bridgehead atoms. The summed E-state index contributed by atoms with van der Waals surface area (Å²) < 4.78 is 5.86. The van der Waals surface area contributed by atoms with E-state index in [9.17, 15) is 0 Å². The van der Waals surface area contributed by atoms with Gasteiger partial charge in [0.05, 0.1) is 6.61 Å². The molecule has 82 valence electrons. The third-order valence-corrected chi connectivity index (χ3v) is 4.34. The van der Waals surface area contributed by atoms with E-state index in [0.29, 0.717) is 10.9 Å². The highest BCUT2D eigenvalue weighted by Gasteiger charge is 2.50. The molecule has 1 heterocycles. The van der Waals surface area contributed by atoms with Gasteiger partial charge < -0.3 is 4.74 Å². The summed E-state index contributed by atoms with van der Waals surface area (Å²) in [5, 5.41) is 14.6. The first-order valence-electron chi connectivity index (χ1n) is 4.67. The molecule has 0 radical (unpaired) electrons. The van der Waals surface area contributed by atoms with Gasteiger partial charge in [-0.25, -0.2) is 0 Å². The lowest BCUT2D eigenvalue weighted by Gasteiger charge is -2.11. The van der Waals surface area contributed by atoms with Crippen molar-refractivity contribution in [3.8, 4) is 6.07 Å². The van der Waals surface area contributed by atoms with Crippen molar-refractivity contribution in [2.45, 2.75) is 19.1 Å². The van der Waals surface area contributed by atoms with Gasteiger partial charge in [0.1, 0.15) is 18.0 Å². The summed E-state index contributed by atoms with van der Waals surface area (Å²) in [5.74, 6) is 0. The molecule has 0 saturated carbocycles. The van der Waals surface area contributed by atoms with E-state index in [-0.39, 0.29) is 5.25 Å². The van der Waals surface area contributed by atoms with Gasteiger partial charge in [-0.3, -0.25) is 4.90 Å². The third kappa shape index (κ3) is 2.25. The molecule has 6 heteroatoms. The maximum absolute atomic E-state index is 9.03. The minimum atomic E-state index is -0.671. The SMILES string of the molecule is CCOC=C1C(C#N)[S+](N)C(=S)N1CC. The number of hydrogen-bond acceptors (Lipinski definition) is 4. The van der Waals surface area contributed by atoms with Gasteiger partial charge in [-0.05, 0) is 26.1 Å². The van der Waals surface area contributed by atoms with Crippen LogP contribution in [0.4, 0.5) is 0 Å². The lowest BCUT2D eigenvalue weighted by Crippen LogP contribution is -2.29. The molecule has 0 aromatic carbocycles. The van der Waals surface area contributed by atoms with Crippen LogP contribution in [0.5, 0.6) is 0 Å². The predicted molar refractivity (Wildman–Crippen MR) is 65.6 cm³/mol. The van der Waals surface area contributed by atoms with E-state index in [2.05, 4.69) is 6.07 Å². The number of nitriles is 1. The first-order chi connectivity index (χ1) is 7.17. The Kier molecular flexibility index (Phi) is 4.39. The van der Waals surface area contributed by atoms with Crippen LogP contribution in [0.25, 0.3) is 0 Å². The van der Waals surface area contributed by atoms with Crippen LogP contribution in [0.2, 0.25) is 0 Å². The van der Waals surface area contributed by atoms with Crippen LogP contribution in [0.15, 0.2) is 12.0 Å². The molecule has 1 fully saturated rings. The van der Waals surface area contributed by atoms with E-state index in [1.54, 1.807) is 6.26 Å². The zero-order valence-electron chi connectivity index (χ0n) is 8.77. The van der Waals surface area contributed by atoms with Crippen LogP contribution < -0.4 is 5.14 Å². The number of rotatable bonds is 3. The van der Waals surface area contributed by atoms with Gasteiger partial charge in [0, 0.05) is 6.54 Å².